The molecular weight excluding hydrogens is 246 g/mol. The molecule has 1 aliphatic heterocycles. The number of nitrogens with one attached hydrogen (secondary N) is 1. The van der Waals surface area contributed by atoms with Crippen molar-refractivity contribution in [2.75, 3.05) is 29.9 Å². The van der Waals surface area contributed by atoms with Gasteiger partial charge in [0.25, 0.3) is 0 Å². The molecule has 2 heterocycles. The van der Waals surface area contributed by atoms with Crippen molar-refractivity contribution in [1.29, 1.82) is 0 Å². The van der Waals surface area contributed by atoms with Crippen LogP contribution in [0.4, 0.5) is 17.3 Å². The second-order valence-corrected chi connectivity index (χ2v) is 4.63. The Morgan fingerprint density at radius 2 is 2.16 bits per heavy atom. The van der Waals surface area contributed by atoms with E-state index in [0.29, 0.717) is 18.2 Å². The molecule has 1 fully saturated rings. The van der Waals surface area contributed by atoms with Gasteiger partial charge in [-0.2, -0.15) is 0 Å². The number of nitrogens with zero attached hydrogens (tertiary/aromatic N) is 4. The van der Waals surface area contributed by atoms with E-state index in [9.17, 15) is 10.1 Å². The maximum absolute atomic E-state index is 11.3. The van der Waals surface area contributed by atoms with E-state index in [1.54, 1.807) is 0 Å². The Morgan fingerprint density at radius 1 is 1.42 bits per heavy atom. The molecule has 7 heteroatoms. The van der Waals surface area contributed by atoms with E-state index in [1.165, 1.54) is 6.33 Å². The molecule has 1 aromatic rings. The normalized spacial score (nSPS) is 14.7. The quantitative estimate of drug-likeness (QED) is 0.482. The molecule has 0 saturated carbocycles. The summed E-state index contributed by atoms with van der Waals surface area (Å²) in [4.78, 5) is 21.0. The summed E-state index contributed by atoms with van der Waals surface area (Å²) in [6.07, 6.45) is 5.50. The Hall–Kier alpha value is -1.92. The van der Waals surface area contributed by atoms with Gasteiger partial charge in [-0.15, -0.1) is 0 Å². The molecule has 0 spiro atoms. The molecule has 7 nitrogen and oxygen atoms in total. The second-order valence-electron chi connectivity index (χ2n) is 4.63. The van der Waals surface area contributed by atoms with Crippen LogP contribution in [0.15, 0.2) is 6.33 Å². The molecule has 19 heavy (non-hydrogen) atoms. The number of hydrogen-bond acceptors (Lipinski definition) is 6. The third-order valence-electron chi connectivity index (χ3n) is 3.21. The SMILES string of the molecule is CCCCNc1ncnc(N2CCCC2)c1[N+](=O)[O-]. The third kappa shape index (κ3) is 3.10. The standard InChI is InChI=1S/C12H19N5O2/c1-2-3-6-13-11-10(17(18)19)12(15-9-14-11)16-7-4-5-8-16/h9H,2-8H2,1H3,(H,13,14,15). The number of rotatable bonds is 6. The molecule has 104 valence electrons. The molecule has 2 rings (SSSR count). The lowest BCUT2D eigenvalue weighted by Crippen LogP contribution is -2.21. The lowest BCUT2D eigenvalue weighted by Gasteiger charge is -2.17. The zero-order valence-electron chi connectivity index (χ0n) is 11.1. The molecule has 1 N–H and O–H groups in total. The summed E-state index contributed by atoms with van der Waals surface area (Å²) in [6, 6.07) is 0. The van der Waals surface area contributed by atoms with Gasteiger partial charge in [0.15, 0.2) is 0 Å². The fourth-order valence-corrected chi connectivity index (χ4v) is 2.21. The number of anilines is 2. The summed E-state index contributed by atoms with van der Waals surface area (Å²) in [5.41, 5.74) is 0.000466. The summed E-state index contributed by atoms with van der Waals surface area (Å²) >= 11 is 0. The predicted molar refractivity (Wildman–Crippen MR) is 73.5 cm³/mol. The molecule has 0 amide bonds. The highest BCUT2D eigenvalue weighted by Gasteiger charge is 2.28. The predicted octanol–water partition coefficient (Wildman–Crippen LogP) is 2.20. The first kappa shape index (κ1) is 13.5. The lowest BCUT2D eigenvalue weighted by molar-refractivity contribution is -0.383. The number of aromatic nitrogens is 2. The summed E-state index contributed by atoms with van der Waals surface area (Å²) in [5.74, 6) is 0.770. The van der Waals surface area contributed by atoms with E-state index in [1.807, 2.05) is 4.90 Å². The third-order valence-corrected chi connectivity index (χ3v) is 3.21. The fourth-order valence-electron chi connectivity index (χ4n) is 2.21. The van der Waals surface area contributed by atoms with Crippen LogP contribution in [0.1, 0.15) is 32.6 Å². The lowest BCUT2D eigenvalue weighted by atomic mass is 10.3. The Balaban J connectivity index is 2.26. The Labute approximate surface area is 112 Å². The highest BCUT2D eigenvalue weighted by Crippen LogP contribution is 2.33. The van der Waals surface area contributed by atoms with Gasteiger partial charge in [0.05, 0.1) is 4.92 Å². The Kier molecular flexibility index (Phi) is 4.48. The topological polar surface area (TPSA) is 84.2 Å². The van der Waals surface area contributed by atoms with Crippen molar-refractivity contribution in [2.24, 2.45) is 0 Å². The van der Waals surface area contributed by atoms with Crippen molar-refractivity contribution in [1.82, 2.24) is 9.97 Å². The average molecular weight is 265 g/mol. The molecule has 0 aliphatic carbocycles. The van der Waals surface area contributed by atoms with Crippen LogP contribution in [0.3, 0.4) is 0 Å². The van der Waals surface area contributed by atoms with E-state index in [4.69, 9.17) is 0 Å². The minimum atomic E-state index is -0.387. The molecule has 1 aliphatic rings. The second kappa shape index (κ2) is 6.31. The number of unbranched alkanes of at least 4 members (excludes halogenated alkanes) is 1. The maximum Gasteiger partial charge on any atom is 0.353 e. The van der Waals surface area contributed by atoms with E-state index in [0.717, 1.165) is 38.8 Å². The van der Waals surface area contributed by atoms with Crippen LogP contribution in [0, 0.1) is 10.1 Å². The first-order valence-corrected chi connectivity index (χ1v) is 6.72. The van der Waals surface area contributed by atoms with Gasteiger partial charge in [0.1, 0.15) is 6.33 Å². The van der Waals surface area contributed by atoms with Gasteiger partial charge in [0, 0.05) is 19.6 Å². The van der Waals surface area contributed by atoms with Gasteiger partial charge in [0.2, 0.25) is 11.6 Å². The monoisotopic (exact) mass is 265 g/mol. The average Bonchev–Trinajstić information content (AvgIpc) is 2.92. The molecule has 0 unspecified atom stereocenters. The van der Waals surface area contributed by atoms with Crippen LogP contribution in [0.2, 0.25) is 0 Å². The van der Waals surface area contributed by atoms with E-state index >= 15 is 0 Å². The van der Waals surface area contributed by atoms with E-state index in [2.05, 4.69) is 22.2 Å². The van der Waals surface area contributed by atoms with Crippen LogP contribution < -0.4 is 10.2 Å². The Bertz CT molecular complexity index is 446. The van der Waals surface area contributed by atoms with Gasteiger partial charge in [-0.05, 0) is 19.3 Å². The van der Waals surface area contributed by atoms with Crippen LogP contribution in [-0.4, -0.2) is 34.5 Å². The zero-order valence-corrected chi connectivity index (χ0v) is 11.1. The molecular formula is C12H19N5O2. The molecule has 0 atom stereocenters. The molecule has 1 saturated heterocycles. The zero-order chi connectivity index (χ0) is 13.7. The van der Waals surface area contributed by atoms with E-state index in [-0.39, 0.29) is 10.6 Å². The van der Waals surface area contributed by atoms with Crippen LogP contribution in [-0.2, 0) is 0 Å². The number of nitro groups is 1. The first-order valence-electron chi connectivity index (χ1n) is 6.72. The van der Waals surface area contributed by atoms with E-state index < -0.39 is 0 Å². The summed E-state index contributed by atoms with van der Waals surface area (Å²) < 4.78 is 0. The highest BCUT2D eigenvalue weighted by atomic mass is 16.6. The van der Waals surface area contributed by atoms with Crippen LogP contribution >= 0.6 is 0 Å². The summed E-state index contributed by atoms with van der Waals surface area (Å²) in [5, 5.41) is 14.3. The van der Waals surface area contributed by atoms with Gasteiger partial charge >= 0.3 is 5.69 Å². The van der Waals surface area contributed by atoms with Gasteiger partial charge in [-0.1, -0.05) is 13.3 Å². The van der Waals surface area contributed by atoms with Gasteiger partial charge < -0.3 is 10.2 Å². The summed E-state index contributed by atoms with van der Waals surface area (Å²) in [7, 11) is 0. The van der Waals surface area contributed by atoms with Gasteiger partial charge in [-0.25, -0.2) is 9.97 Å². The van der Waals surface area contributed by atoms with Crippen LogP contribution in [0.5, 0.6) is 0 Å². The van der Waals surface area contributed by atoms with Crippen LogP contribution in [0.25, 0.3) is 0 Å². The largest absolute Gasteiger partial charge is 0.364 e. The first-order chi connectivity index (χ1) is 9.24. The number of hydrogen-bond donors (Lipinski definition) is 1. The molecule has 0 bridgehead atoms. The van der Waals surface area contributed by atoms with Gasteiger partial charge in [-0.3, -0.25) is 10.1 Å². The van der Waals surface area contributed by atoms with Crippen molar-refractivity contribution >= 4 is 17.3 Å². The minimum absolute atomic E-state index is 0.000466. The summed E-state index contributed by atoms with van der Waals surface area (Å²) in [6.45, 7) is 4.41. The van der Waals surface area contributed by atoms with Crippen molar-refractivity contribution in [3.8, 4) is 0 Å². The van der Waals surface area contributed by atoms with Crippen molar-refractivity contribution < 1.29 is 4.92 Å². The van der Waals surface area contributed by atoms with Crippen molar-refractivity contribution in [3.63, 3.8) is 0 Å². The Morgan fingerprint density at radius 3 is 2.79 bits per heavy atom. The maximum atomic E-state index is 11.3. The molecule has 1 aromatic heterocycles. The smallest absolute Gasteiger partial charge is 0.353 e. The molecule has 0 aromatic carbocycles. The fraction of sp³-hybridized carbons (Fsp3) is 0.667. The highest BCUT2D eigenvalue weighted by molar-refractivity contribution is 5.70. The van der Waals surface area contributed by atoms with Crippen molar-refractivity contribution in [2.45, 2.75) is 32.6 Å². The van der Waals surface area contributed by atoms with Crippen molar-refractivity contribution in [3.05, 3.63) is 16.4 Å². The molecule has 0 radical (unpaired) electrons. The minimum Gasteiger partial charge on any atom is -0.364 e.